The van der Waals surface area contributed by atoms with Gasteiger partial charge in [-0.25, -0.2) is 14.4 Å². The summed E-state index contributed by atoms with van der Waals surface area (Å²) in [5, 5.41) is 16.0. The van der Waals surface area contributed by atoms with Crippen LogP contribution in [0.15, 0.2) is 42.7 Å². The molecule has 3 aromatic rings. The van der Waals surface area contributed by atoms with Crippen LogP contribution in [0.4, 0.5) is 16.0 Å². The van der Waals surface area contributed by atoms with Gasteiger partial charge in [-0.1, -0.05) is 6.07 Å². The minimum atomic E-state index is -1.11. The number of benzene rings is 2. The Labute approximate surface area is 216 Å². The van der Waals surface area contributed by atoms with Gasteiger partial charge in [0, 0.05) is 17.8 Å². The number of rotatable bonds is 6. The molecule has 0 bridgehead atoms. The monoisotopic (exact) mass is 501 g/mol. The Morgan fingerprint density at radius 1 is 1.14 bits per heavy atom. The second-order valence-electron chi connectivity index (χ2n) is 9.89. The molecule has 8 nitrogen and oxygen atoms in total. The molecule has 5 rings (SSSR count). The van der Waals surface area contributed by atoms with Crippen molar-refractivity contribution in [1.82, 2.24) is 25.2 Å². The molecular formula is C28H32FN7O. The minimum absolute atomic E-state index is 0.256. The van der Waals surface area contributed by atoms with Gasteiger partial charge in [-0.05, 0) is 100 Å². The molecule has 192 valence electrons. The number of nitriles is 1. The molecule has 0 spiro atoms. The number of anilines is 2. The number of piperidine rings is 2. The van der Waals surface area contributed by atoms with Gasteiger partial charge in [0.25, 0.3) is 0 Å². The summed E-state index contributed by atoms with van der Waals surface area (Å²) in [7, 11) is 2.18. The lowest BCUT2D eigenvalue weighted by Gasteiger charge is -2.30. The summed E-state index contributed by atoms with van der Waals surface area (Å²) in [6.45, 7) is 5.36. The second-order valence-corrected chi connectivity index (χ2v) is 9.89. The third kappa shape index (κ3) is 5.87. The lowest BCUT2D eigenvalue weighted by atomic mass is 9.87. The van der Waals surface area contributed by atoms with Crippen LogP contribution in [0.25, 0.3) is 11.4 Å². The Balaban J connectivity index is 1.30. The van der Waals surface area contributed by atoms with Gasteiger partial charge in [0.05, 0.1) is 5.56 Å². The van der Waals surface area contributed by atoms with Crippen LogP contribution >= 0.6 is 0 Å². The van der Waals surface area contributed by atoms with Crippen molar-refractivity contribution < 1.29 is 9.13 Å². The molecule has 0 unspecified atom stereocenters. The van der Waals surface area contributed by atoms with Crippen LogP contribution in [0.5, 0.6) is 5.75 Å². The van der Waals surface area contributed by atoms with E-state index < -0.39 is 12.3 Å². The Hall–Kier alpha value is -3.61. The highest BCUT2D eigenvalue weighted by Crippen LogP contribution is 2.32. The van der Waals surface area contributed by atoms with E-state index in [9.17, 15) is 9.65 Å². The SMILES string of the molecule is Cc1cc(Nc2ncnc(-c3ccc(O[C@H]4CCNC[C@H]4F)c(C#N)c3)n2)ccc1C1CCN(C)CC1. The summed E-state index contributed by atoms with van der Waals surface area (Å²) in [5.74, 6) is 1.82. The zero-order chi connectivity index (χ0) is 25.8. The van der Waals surface area contributed by atoms with Crippen LogP contribution in [0.1, 0.15) is 41.9 Å². The third-order valence-corrected chi connectivity index (χ3v) is 7.24. The molecule has 0 aliphatic carbocycles. The van der Waals surface area contributed by atoms with Crippen LogP contribution in [-0.2, 0) is 0 Å². The highest BCUT2D eigenvalue weighted by atomic mass is 19.1. The van der Waals surface area contributed by atoms with Gasteiger partial charge in [-0.2, -0.15) is 10.2 Å². The van der Waals surface area contributed by atoms with E-state index in [0.717, 1.165) is 18.8 Å². The van der Waals surface area contributed by atoms with Crippen LogP contribution in [-0.4, -0.2) is 65.4 Å². The molecule has 2 fully saturated rings. The molecule has 0 saturated carbocycles. The Morgan fingerprint density at radius 2 is 1.97 bits per heavy atom. The molecule has 9 heteroatoms. The summed E-state index contributed by atoms with van der Waals surface area (Å²) in [6, 6.07) is 13.7. The smallest absolute Gasteiger partial charge is 0.230 e. The fourth-order valence-corrected chi connectivity index (χ4v) is 5.11. The maximum absolute atomic E-state index is 14.2. The molecule has 2 N–H and O–H groups in total. The molecule has 1 aromatic heterocycles. The number of nitrogens with one attached hydrogen (secondary N) is 2. The maximum atomic E-state index is 14.2. The highest BCUT2D eigenvalue weighted by molar-refractivity contribution is 5.63. The van der Waals surface area contributed by atoms with Crippen molar-refractivity contribution in [3.05, 3.63) is 59.4 Å². The summed E-state index contributed by atoms with van der Waals surface area (Å²) in [5.41, 5.74) is 4.55. The number of halogens is 1. The first kappa shape index (κ1) is 25.1. The number of likely N-dealkylation sites (tertiary alicyclic amines) is 1. The topological polar surface area (TPSA) is 99.0 Å². The molecule has 2 aliphatic heterocycles. The quantitative estimate of drug-likeness (QED) is 0.514. The average Bonchev–Trinajstić information content (AvgIpc) is 2.91. The minimum Gasteiger partial charge on any atom is -0.486 e. The van der Waals surface area contributed by atoms with Crippen LogP contribution in [0.3, 0.4) is 0 Å². The zero-order valence-corrected chi connectivity index (χ0v) is 21.2. The van der Waals surface area contributed by atoms with Crippen LogP contribution in [0.2, 0.25) is 0 Å². The number of aromatic nitrogens is 3. The number of hydrogen-bond acceptors (Lipinski definition) is 8. The van der Waals surface area contributed by atoms with Gasteiger partial charge in [0.2, 0.25) is 5.95 Å². The molecule has 37 heavy (non-hydrogen) atoms. The van der Waals surface area contributed by atoms with Gasteiger partial charge in [0.15, 0.2) is 5.82 Å². The first-order valence-corrected chi connectivity index (χ1v) is 12.8. The summed E-state index contributed by atoms with van der Waals surface area (Å²) < 4.78 is 20.0. The van der Waals surface area contributed by atoms with Gasteiger partial charge < -0.3 is 20.3 Å². The van der Waals surface area contributed by atoms with Crippen molar-refractivity contribution in [3.8, 4) is 23.2 Å². The first-order valence-electron chi connectivity index (χ1n) is 12.8. The predicted molar refractivity (Wildman–Crippen MR) is 141 cm³/mol. The van der Waals surface area contributed by atoms with E-state index in [-0.39, 0.29) is 6.54 Å². The summed E-state index contributed by atoms with van der Waals surface area (Å²) in [4.78, 5) is 15.5. The summed E-state index contributed by atoms with van der Waals surface area (Å²) >= 11 is 0. The zero-order valence-electron chi connectivity index (χ0n) is 21.2. The molecule has 2 aromatic carbocycles. The van der Waals surface area contributed by atoms with E-state index in [4.69, 9.17) is 4.74 Å². The normalized spacial score (nSPS) is 20.8. The largest absolute Gasteiger partial charge is 0.486 e. The number of alkyl halides is 1. The Kier molecular flexibility index (Phi) is 7.58. The van der Waals surface area contributed by atoms with Crippen molar-refractivity contribution in [2.45, 2.75) is 44.4 Å². The first-order chi connectivity index (χ1) is 18.0. The molecule has 2 atom stereocenters. The number of ether oxygens (including phenoxy) is 1. The number of nitrogens with zero attached hydrogens (tertiary/aromatic N) is 5. The van der Waals surface area contributed by atoms with E-state index in [1.807, 2.05) is 0 Å². The molecule has 0 radical (unpaired) electrons. The fourth-order valence-electron chi connectivity index (χ4n) is 5.11. The maximum Gasteiger partial charge on any atom is 0.230 e. The van der Waals surface area contributed by atoms with E-state index in [0.29, 0.717) is 47.5 Å². The van der Waals surface area contributed by atoms with Crippen LogP contribution in [0, 0.1) is 18.3 Å². The van der Waals surface area contributed by atoms with Crippen molar-refractivity contribution >= 4 is 11.6 Å². The highest BCUT2D eigenvalue weighted by Gasteiger charge is 2.27. The van der Waals surface area contributed by atoms with E-state index >= 15 is 0 Å². The van der Waals surface area contributed by atoms with Crippen molar-refractivity contribution in [2.75, 3.05) is 38.5 Å². The van der Waals surface area contributed by atoms with Gasteiger partial charge in [0.1, 0.15) is 30.4 Å². The number of hydrogen-bond donors (Lipinski definition) is 2. The fraction of sp³-hybridized carbons (Fsp3) is 0.429. The molecular weight excluding hydrogens is 469 g/mol. The van der Waals surface area contributed by atoms with Crippen molar-refractivity contribution in [3.63, 3.8) is 0 Å². The van der Waals surface area contributed by atoms with Gasteiger partial charge in [-0.3, -0.25) is 0 Å². The standard InChI is InChI=1S/C28H32FN7O/c1-18-13-22(4-5-23(18)19-8-11-36(2)12-9-19)34-28-33-17-32-27(35-28)20-3-6-25(21(14-20)15-30)37-26-7-10-31-16-24(26)29/h3-6,13-14,17,19,24,26,31H,7-12,16H2,1-2H3,(H,32,33,34,35)/t24-,26+/m1/s1. The van der Waals surface area contributed by atoms with E-state index in [1.165, 1.54) is 30.3 Å². The van der Waals surface area contributed by atoms with Crippen molar-refractivity contribution in [2.24, 2.45) is 0 Å². The van der Waals surface area contributed by atoms with E-state index in [1.54, 1.807) is 18.2 Å². The lowest BCUT2D eigenvalue weighted by molar-refractivity contribution is 0.0729. The molecule has 2 aliphatic rings. The molecule has 0 amide bonds. The molecule has 2 saturated heterocycles. The molecule has 3 heterocycles. The van der Waals surface area contributed by atoms with E-state index in [2.05, 4.69) is 68.7 Å². The van der Waals surface area contributed by atoms with Crippen molar-refractivity contribution in [1.29, 1.82) is 5.26 Å². The average molecular weight is 502 g/mol. The van der Waals surface area contributed by atoms with Gasteiger partial charge >= 0.3 is 0 Å². The number of aryl methyl sites for hydroxylation is 1. The van der Waals surface area contributed by atoms with Gasteiger partial charge in [-0.15, -0.1) is 0 Å². The third-order valence-electron chi connectivity index (χ3n) is 7.24. The summed E-state index contributed by atoms with van der Waals surface area (Å²) in [6.07, 6.45) is 2.68. The van der Waals surface area contributed by atoms with Crippen LogP contribution < -0.4 is 15.4 Å². The Morgan fingerprint density at radius 3 is 2.73 bits per heavy atom. The Bertz CT molecular complexity index is 1290. The lowest BCUT2D eigenvalue weighted by Crippen LogP contribution is -2.44. The predicted octanol–water partition coefficient (Wildman–Crippen LogP) is 4.35. The second kappa shape index (κ2) is 11.2.